The molecule has 6 rings (SSSR count). The second-order valence-corrected chi connectivity index (χ2v) is 7.71. The van der Waals surface area contributed by atoms with Crippen molar-refractivity contribution in [2.24, 2.45) is 0 Å². The lowest BCUT2D eigenvalue weighted by Crippen LogP contribution is -1.91. The van der Waals surface area contributed by atoms with E-state index in [1.165, 1.54) is 0 Å². The fourth-order valence-corrected chi connectivity index (χ4v) is 4.08. The van der Waals surface area contributed by atoms with E-state index in [4.69, 9.17) is 9.97 Å². The summed E-state index contributed by atoms with van der Waals surface area (Å²) in [7, 11) is 0. The number of nitrogens with zero attached hydrogens (tertiary/aromatic N) is 3. The molecule has 32 heavy (non-hydrogen) atoms. The molecule has 0 spiro atoms. The standard InChI is InChI=1S/C27H17N5/c28-16-17-3-1-2-4-24(17)27-25-11-9-22(31-25)14-20-7-5-18(29-20)13-19-6-8-21(30-19)15-23-10-12-26(27)32-23/h1-15,29-30H. The van der Waals surface area contributed by atoms with Gasteiger partial charge in [0.1, 0.15) is 0 Å². The molecule has 4 aromatic rings. The maximum absolute atomic E-state index is 9.72. The van der Waals surface area contributed by atoms with Crippen molar-refractivity contribution < 1.29 is 0 Å². The van der Waals surface area contributed by atoms with Gasteiger partial charge < -0.3 is 9.97 Å². The molecule has 8 bridgehead atoms. The molecule has 0 aliphatic carbocycles. The highest BCUT2D eigenvalue weighted by Crippen LogP contribution is 2.33. The fourth-order valence-electron chi connectivity index (χ4n) is 4.08. The Balaban J connectivity index is 1.74. The van der Waals surface area contributed by atoms with Crippen molar-refractivity contribution in [3.8, 4) is 17.2 Å². The zero-order valence-electron chi connectivity index (χ0n) is 17.0. The molecule has 1 aromatic carbocycles. The first-order valence-electron chi connectivity index (χ1n) is 10.3. The summed E-state index contributed by atoms with van der Waals surface area (Å²) in [5, 5.41) is 9.72. The average molecular weight is 411 g/mol. The first-order valence-corrected chi connectivity index (χ1v) is 10.3. The molecule has 3 aromatic heterocycles. The number of fused-ring (bicyclic) bond motifs is 8. The summed E-state index contributed by atoms with van der Waals surface area (Å²) in [6, 6.07) is 24.1. The highest BCUT2D eigenvalue weighted by atomic mass is 14.8. The molecule has 0 fully saturated rings. The van der Waals surface area contributed by atoms with E-state index in [0.29, 0.717) is 5.56 Å². The van der Waals surface area contributed by atoms with Gasteiger partial charge in [0.05, 0.1) is 34.4 Å². The van der Waals surface area contributed by atoms with Gasteiger partial charge in [-0.15, -0.1) is 0 Å². The van der Waals surface area contributed by atoms with E-state index in [9.17, 15) is 5.26 Å². The Bertz CT molecular complexity index is 1550. The quantitative estimate of drug-likeness (QED) is 0.338. The number of aromatic nitrogens is 4. The molecule has 2 N–H and O–H groups in total. The zero-order valence-corrected chi connectivity index (χ0v) is 17.0. The normalized spacial score (nSPS) is 12.1. The molecule has 0 saturated carbocycles. The fraction of sp³-hybridized carbons (Fsp3) is 0. The maximum atomic E-state index is 9.72. The van der Waals surface area contributed by atoms with Crippen molar-refractivity contribution in [2.75, 3.05) is 0 Å². The van der Waals surface area contributed by atoms with Gasteiger partial charge in [0.2, 0.25) is 0 Å². The molecule has 5 heteroatoms. The van der Waals surface area contributed by atoms with Crippen LogP contribution in [0.5, 0.6) is 0 Å². The highest BCUT2D eigenvalue weighted by molar-refractivity contribution is 5.90. The summed E-state index contributed by atoms with van der Waals surface area (Å²) in [5.41, 5.74) is 9.48. The van der Waals surface area contributed by atoms with Crippen LogP contribution in [0.3, 0.4) is 0 Å². The molecule has 2 aliphatic heterocycles. The first-order chi connectivity index (χ1) is 15.7. The van der Waals surface area contributed by atoms with Crippen LogP contribution in [0.4, 0.5) is 0 Å². The molecule has 5 nitrogen and oxygen atoms in total. The lowest BCUT2D eigenvalue weighted by molar-refractivity contribution is 1.27. The molecule has 0 unspecified atom stereocenters. The SMILES string of the molecule is N#Cc1ccccc1-c1c2nc(cc3ccc(cc4ccc(cc5nc1C=C5)[nH]4)[nH]3)C=C2. The van der Waals surface area contributed by atoms with Crippen molar-refractivity contribution in [1.29, 1.82) is 5.26 Å². The number of nitriles is 1. The van der Waals surface area contributed by atoms with Gasteiger partial charge in [-0.25, -0.2) is 9.97 Å². The van der Waals surface area contributed by atoms with Crippen molar-refractivity contribution >= 4 is 46.4 Å². The number of rotatable bonds is 1. The molecular weight excluding hydrogens is 394 g/mol. The molecule has 150 valence electrons. The van der Waals surface area contributed by atoms with Crippen LogP contribution in [-0.4, -0.2) is 19.9 Å². The first kappa shape index (κ1) is 18.1. The lowest BCUT2D eigenvalue weighted by Gasteiger charge is -2.06. The predicted molar refractivity (Wildman–Crippen MR) is 129 cm³/mol. The summed E-state index contributed by atoms with van der Waals surface area (Å²) in [5.74, 6) is 0. The summed E-state index contributed by atoms with van der Waals surface area (Å²) >= 11 is 0. The second-order valence-electron chi connectivity index (χ2n) is 7.71. The van der Waals surface area contributed by atoms with Crippen LogP contribution in [0.1, 0.15) is 28.3 Å². The van der Waals surface area contributed by atoms with Gasteiger partial charge >= 0.3 is 0 Å². The van der Waals surface area contributed by atoms with Gasteiger partial charge in [0.15, 0.2) is 0 Å². The van der Waals surface area contributed by atoms with Crippen LogP contribution in [0, 0.1) is 11.3 Å². The maximum Gasteiger partial charge on any atom is 0.0998 e. The van der Waals surface area contributed by atoms with E-state index in [0.717, 1.165) is 56.0 Å². The van der Waals surface area contributed by atoms with Gasteiger partial charge in [0, 0.05) is 33.2 Å². The van der Waals surface area contributed by atoms with Crippen LogP contribution in [0.25, 0.3) is 57.5 Å². The van der Waals surface area contributed by atoms with Gasteiger partial charge in [-0.1, -0.05) is 18.2 Å². The Morgan fingerprint density at radius 1 is 0.625 bits per heavy atom. The highest BCUT2D eigenvalue weighted by Gasteiger charge is 2.16. The summed E-state index contributed by atoms with van der Waals surface area (Å²) < 4.78 is 0. The van der Waals surface area contributed by atoms with E-state index in [-0.39, 0.29) is 0 Å². The Labute approximate surface area is 184 Å². The van der Waals surface area contributed by atoms with Crippen LogP contribution in [0.2, 0.25) is 0 Å². The number of benzene rings is 1. The summed E-state index contributed by atoms with van der Waals surface area (Å²) in [4.78, 5) is 16.5. The lowest BCUT2D eigenvalue weighted by atomic mass is 9.97. The second kappa shape index (κ2) is 7.22. The van der Waals surface area contributed by atoms with E-state index in [1.54, 1.807) is 0 Å². The minimum Gasteiger partial charge on any atom is -0.355 e. The number of H-pyrrole nitrogens is 2. The van der Waals surface area contributed by atoms with Crippen LogP contribution < -0.4 is 0 Å². The van der Waals surface area contributed by atoms with E-state index < -0.39 is 0 Å². The molecular formula is C27H17N5. The third kappa shape index (κ3) is 3.21. The molecule has 0 saturated heterocycles. The Morgan fingerprint density at radius 2 is 1.16 bits per heavy atom. The number of aromatic amines is 2. The number of nitrogens with one attached hydrogen (secondary N) is 2. The van der Waals surface area contributed by atoms with Crippen molar-refractivity contribution in [3.05, 3.63) is 95.1 Å². The zero-order chi connectivity index (χ0) is 21.5. The smallest absolute Gasteiger partial charge is 0.0998 e. The molecule has 0 radical (unpaired) electrons. The molecule has 0 atom stereocenters. The van der Waals surface area contributed by atoms with Gasteiger partial charge in [-0.05, 0) is 72.8 Å². The van der Waals surface area contributed by atoms with Gasteiger partial charge in [-0.3, -0.25) is 0 Å². The third-order valence-electron chi connectivity index (χ3n) is 5.53. The van der Waals surface area contributed by atoms with Crippen LogP contribution in [-0.2, 0) is 0 Å². The topological polar surface area (TPSA) is 81.2 Å². The molecule has 0 amide bonds. The van der Waals surface area contributed by atoms with Crippen LogP contribution in [0.15, 0.2) is 66.7 Å². The van der Waals surface area contributed by atoms with Crippen molar-refractivity contribution in [3.63, 3.8) is 0 Å². The largest absolute Gasteiger partial charge is 0.355 e. The number of hydrogen-bond acceptors (Lipinski definition) is 3. The van der Waals surface area contributed by atoms with E-state index in [2.05, 4.69) is 22.1 Å². The molecule has 2 aliphatic rings. The minimum absolute atomic E-state index is 0.595. The van der Waals surface area contributed by atoms with Crippen molar-refractivity contribution in [1.82, 2.24) is 19.9 Å². The monoisotopic (exact) mass is 411 g/mol. The average Bonchev–Trinajstić information content (AvgIpc) is 3.60. The van der Waals surface area contributed by atoms with E-state index >= 15 is 0 Å². The summed E-state index contributed by atoms with van der Waals surface area (Å²) in [6.45, 7) is 0. The Morgan fingerprint density at radius 3 is 1.72 bits per heavy atom. The van der Waals surface area contributed by atoms with Gasteiger partial charge in [0.25, 0.3) is 0 Å². The minimum atomic E-state index is 0.595. The number of hydrogen-bond donors (Lipinski definition) is 2. The predicted octanol–water partition coefficient (Wildman–Crippen LogP) is 6.19. The molecule has 5 heterocycles. The summed E-state index contributed by atoms with van der Waals surface area (Å²) in [6.07, 6.45) is 7.94. The van der Waals surface area contributed by atoms with Crippen LogP contribution >= 0.6 is 0 Å². The van der Waals surface area contributed by atoms with E-state index in [1.807, 2.05) is 85.0 Å². The van der Waals surface area contributed by atoms with Gasteiger partial charge in [-0.2, -0.15) is 5.26 Å². The Kier molecular flexibility index (Phi) is 4.09. The Hall–Kier alpha value is -4.69. The third-order valence-corrected chi connectivity index (χ3v) is 5.53. The van der Waals surface area contributed by atoms with Crippen molar-refractivity contribution in [2.45, 2.75) is 0 Å².